The molecule has 2 aliphatic heterocycles. The first-order valence-corrected chi connectivity index (χ1v) is 11.2. The van der Waals surface area contributed by atoms with Crippen LogP contribution in [0.4, 0.5) is 19.3 Å². The van der Waals surface area contributed by atoms with Crippen molar-refractivity contribution in [2.24, 2.45) is 5.10 Å². The Morgan fingerprint density at radius 3 is 2.60 bits per heavy atom. The van der Waals surface area contributed by atoms with Crippen LogP contribution in [0.15, 0.2) is 48.0 Å². The van der Waals surface area contributed by atoms with Crippen LogP contribution < -0.4 is 4.90 Å². The number of amides is 1. The summed E-state index contributed by atoms with van der Waals surface area (Å²) in [6.07, 6.45) is 5.01. The third-order valence-corrected chi connectivity index (χ3v) is 5.98. The van der Waals surface area contributed by atoms with E-state index in [0.717, 1.165) is 38.3 Å². The Balaban J connectivity index is 1.28. The topological polar surface area (TPSA) is 92.0 Å². The minimum atomic E-state index is -0.798. The van der Waals surface area contributed by atoms with Gasteiger partial charge >= 0.3 is 6.09 Å². The summed E-state index contributed by atoms with van der Waals surface area (Å²) in [7, 11) is 2.07. The molecule has 1 amide bonds. The molecule has 0 saturated carbocycles. The quantitative estimate of drug-likeness (QED) is 0.498. The van der Waals surface area contributed by atoms with Gasteiger partial charge in [-0.05, 0) is 25.2 Å². The number of hydrogen-bond acceptors (Lipinski definition) is 8. The molecule has 0 aliphatic carbocycles. The van der Waals surface area contributed by atoms with Crippen LogP contribution in [0.5, 0.6) is 0 Å². The largest absolute Gasteiger partial charge is 0.442 e. The van der Waals surface area contributed by atoms with Crippen LogP contribution in [0.3, 0.4) is 0 Å². The molecule has 5 rings (SSSR count). The number of halogens is 2. The molecule has 0 spiro atoms. The highest BCUT2D eigenvalue weighted by molar-refractivity contribution is 5.90. The van der Waals surface area contributed by atoms with Crippen molar-refractivity contribution < 1.29 is 18.3 Å². The van der Waals surface area contributed by atoms with Crippen LogP contribution in [0.25, 0.3) is 11.1 Å². The third kappa shape index (κ3) is 5.11. The SMILES string of the molecule is CN1CCN(/N=C/c2ccc(-c3c(F)cc(N4C[C@H](Cn5ccnn5)OC4=O)cc3F)cn2)CC1. The van der Waals surface area contributed by atoms with Crippen molar-refractivity contribution in [2.75, 3.05) is 44.7 Å². The average molecular weight is 482 g/mol. The van der Waals surface area contributed by atoms with Crippen LogP contribution in [0.1, 0.15) is 5.69 Å². The molecule has 1 atom stereocenters. The van der Waals surface area contributed by atoms with Gasteiger partial charge < -0.3 is 9.64 Å². The van der Waals surface area contributed by atoms with E-state index in [9.17, 15) is 13.6 Å². The molecule has 2 aromatic heterocycles. The molecule has 182 valence electrons. The second-order valence-corrected chi connectivity index (χ2v) is 8.50. The minimum absolute atomic E-state index is 0.0822. The maximum atomic E-state index is 15.0. The molecule has 35 heavy (non-hydrogen) atoms. The number of benzene rings is 1. The van der Waals surface area contributed by atoms with E-state index in [0.29, 0.717) is 12.2 Å². The standard InChI is InChI=1S/C23H24F2N8O2/c1-30-6-8-31(9-7-30)28-13-17-3-2-16(12-26-17)22-20(24)10-18(11-21(22)25)33-15-19(35-23(33)34)14-32-5-4-27-29-32/h2-5,10-13,19H,6-9,14-15H2,1H3/b28-13+/t19-/m0/s1. The number of nitrogens with zero attached hydrogens (tertiary/aromatic N) is 8. The zero-order valence-electron chi connectivity index (χ0n) is 19.1. The van der Waals surface area contributed by atoms with E-state index in [1.807, 2.05) is 5.01 Å². The van der Waals surface area contributed by atoms with Crippen LogP contribution >= 0.6 is 0 Å². The van der Waals surface area contributed by atoms with Crippen molar-refractivity contribution in [1.29, 1.82) is 0 Å². The van der Waals surface area contributed by atoms with Gasteiger partial charge in [0.25, 0.3) is 0 Å². The Hall–Kier alpha value is -3.93. The Bertz CT molecular complexity index is 1190. The van der Waals surface area contributed by atoms with Crippen LogP contribution in [0.2, 0.25) is 0 Å². The predicted octanol–water partition coefficient (Wildman–Crippen LogP) is 2.22. The zero-order valence-corrected chi connectivity index (χ0v) is 19.1. The highest BCUT2D eigenvalue weighted by Crippen LogP contribution is 2.32. The van der Waals surface area contributed by atoms with E-state index in [2.05, 4.69) is 32.3 Å². The fourth-order valence-electron chi connectivity index (χ4n) is 4.04. The molecule has 1 aromatic carbocycles. The third-order valence-electron chi connectivity index (χ3n) is 5.98. The van der Waals surface area contributed by atoms with Gasteiger partial charge in [0.05, 0.1) is 42.4 Å². The average Bonchev–Trinajstić information content (AvgIpc) is 3.48. The Kier molecular flexibility index (Phi) is 6.36. The number of piperazine rings is 1. The van der Waals surface area contributed by atoms with Crippen molar-refractivity contribution in [1.82, 2.24) is 29.9 Å². The number of carbonyl (C=O) groups excluding carboxylic acids is 1. The summed E-state index contributed by atoms with van der Waals surface area (Å²) in [5.74, 6) is -1.60. The van der Waals surface area contributed by atoms with Crippen molar-refractivity contribution in [2.45, 2.75) is 12.6 Å². The lowest BCUT2D eigenvalue weighted by Crippen LogP contribution is -2.41. The number of pyridine rings is 1. The summed E-state index contributed by atoms with van der Waals surface area (Å²) in [6, 6.07) is 5.51. The molecule has 12 heteroatoms. The summed E-state index contributed by atoms with van der Waals surface area (Å²) in [5.41, 5.74) is 0.744. The van der Waals surface area contributed by atoms with E-state index in [1.165, 1.54) is 22.0 Å². The van der Waals surface area contributed by atoms with E-state index in [1.54, 1.807) is 24.5 Å². The fourth-order valence-corrected chi connectivity index (χ4v) is 4.04. The summed E-state index contributed by atoms with van der Waals surface area (Å²) >= 11 is 0. The number of carbonyl (C=O) groups is 1. The number of aromatic nitrogens is 4. The Morgan fingerprint density at radius 1 is 1.17 bits per heavy atom. The monoisotopic (exact) mass is 482 g/mol. The zero-order chi connectivity index (χ0) is 24.4. The van der Waals surface area contributed by atoms with Crippen LogP contribution in [-0.2, 0) is 11.3 Å². The van der Waals surface area contributed by atoms with Gasteiger partial charge in [-0.2, -0.15) is 5.10 Å². The first kappa shape index (κ1) is 22.8. The summed E-state index contributed by atoms with van der Waals surface area (Å²) in [4.78, 5) is 20.0. The maximum absolute atomic E-state index is 15.0. The highest BCUT2D eigenvalue weighted by atomic mass is 19.1. The van der Waals surface area contributed by atoms with Gasteiger partial charge in [0.1, 0.15) is 17.7 Å². The van der Waals surface area contributed by atoms with E-state index < -0.39 is 23.8 Å². The first-order valence-electron chi connectivity index (χ1n) is 11.2. The lowest BCUT2D eigenvalue weighted by atomic mass is 10.0. The number of hydrogen-bond donors (Lipinski definition) is 0. The Labute approximate surface area is 200 Å². The summed E-state index contributed by atoms with van der Waals surface area (Å²) < 4.78 is 36.8. The number of cyclic esters (lactones) is 1. The smallest absolute Gasteiger partial charge is 0.414 e. The predicted molar refractivity (Wildman–Crippen MR) is 124 cm³/mol. The number of ether oxygens (including phenoxy) is 1. The number of rotatable bonds is 6. The summed E-state index contributed by atoms with van der Waals surface area (Å²) in [6.45, 7) is 3.98. The molecule has 0 bridgehead atoms. The molecular weight excluding hydrogens is 458 g/mol. The van der Waals surface area contributed by atoms with E-state index >= 15 is 0 Å². The molecule has 3 aromatic rings. The van der Waals surface area contributed by atoms with Gasteiger partial charge in [-0.15, -0.1) is 5.10 Å². The lowest BCUT2D eigenvalue weighted by molar-refractivity contribution is 0.129. The molecule has 0 radical (unpaired) electrons. The molecular formula is C23H24F2N8O2. The number of likely N-dealkylation sites (N-methyl/N-ethyl adjacent to an activating group) is 1. The van der Waals surface area contributed by atoms with Gasteiger partial charge in [0.15, 0.2) is 0 Å². The molecule has 2 saturated heterocycles. The number of anilines is 1. The van der Waals surface area contributed by atoms with Crippen molar-refractivity contribution in [3.05, 3.63) is 60.2 Å². The molecule has 2 aliphatic rings. The molecule has 0 unspecified atom stereocenters. The molecule has 0 N–H and O–H groups in total. The van der Waals surface area contributed by atoms with Gasteiger partial charge in [-0.3, -0.25) is 14.9 Å². The molecule has 4 heterocycles. The van der Waals surface area contributed by atoms with Crippen molar-refractivity contribution in [3.8, 4) is 11.1 Å². The number of hydrazone groups is 1. The summed E-state index contributed by atoms with van der Waals surface area (Å²) in [5, 5.41) is 13.9. The highest BCUT2D eigenvalue weighted by Gasteiger charge is 2.33. The van der Waals surface area contributed by atoms with E-state index in [4.69, 9.17) is 4.74 Å². The molecule has 10 nitrogen and oxygen atoms in total. The second-order valence-electron chi connectivity index (χ2n) is 8.50. The van der Waals surface area contributed by atoms with Gasteiger partial charge in [-0.25, -0.2) is 18.3 Å². The second kappa shape index (κ2) is 9.74. The lowest BCUT2D eigenvalue weighted by Gasteiger charge is -2.30. The maximum Gasteiger partial charge on any atom is 0.414 e. The minimum Gasteiger partial charge on any atom is -0.442 e. The first-order chi connectivity index (χ1) is 17.0. The van der Waals surface area contributed by atoms with Gasteiger partial charge in [0.2, 0.25) is 0 Å². The fraction of sp³-hybridized carbons (Fsp3) is 0.348. The van der Waals surface area contributed by atoms with Crippen LogP contribution in [-0.4, -0.2) is 88.1 Å². The molecule has 2 fully saturated rings. The van der Waals surface area contributed by atoms with Gasteiger partial charge in [-0.1, -0.05) is 11.3 Å². The van der Waals surface area contributed by atoms with Crippen LogP contribution in [0, 0.1) is 11.6 Å². The van der Waals surface area contributed by atoms with Crippen molar-refractivity contribution >= 4 is 18.0 Å². The Morgan fingerprint density at radius 2 is 1.94 bits per heavy atom. The van der Waals surface area contributed by atoms with Gasteiger partial charge in [0, 0.05) is 44.1 Å². The normalized spacial score (nSPS) is 19.1. The van der Waals surface area contributed by atoms with Crippen molar-refractivity contribution in [3.63, 3.8) is 0 Å². The van der Waals surface area contributed by atoms with E-state index in [-0.39, 0.29) is 23.4 Å².